The zero-order valence-electron chi connectivity index (χ0n) is 9.30. The first-order valence-corrected chi connectivity index (χ1v) is 5.43. The van der Waals surface area contributed by atoms with Gasteiger partial charge >= 0.3 is 0 Å². The molecule has 0 unspecified atom stereocenters. The van der Waals surface area contributed by atoms with E-state index in [0.29, 0.717) is 18.0 Å². The predicted octanol–water partition coefficient (Wildman–Crippen LogP) is 2.04. The Balaban J connectivity index is 3.02. The van der Waals surface area contributed by atoms with Gasteiger partial charge in [0.25, 0.3) is 5.69 Å². The van der Waals surface area contributed by atoms with Gasteiger partial charge in [-0.1, -0.05) is 6.92 Å². The van der Waals surface area contributed by atoms with Crippen LogP contribution in [0.2, 0.25) is 0 Å². The molecule has 1 aromatic rings. The second-order valence-corrected chi connectivity index (χ2v) is 3.72. The number of benzene rings is 1. The number of thiocarbonyl (C=S) groups is 1. The minimum Gasteiger partial charge on any atom is -0.491 e. The molecule has 6 nitrogen and oxygen atoms in total. The van der Waals surface area contributed by atoms with Gasteiger partial charge in [0, 0.05) is 12.1 Å². The van der Waals surface area contributed by atoms with E-state index in [-0.39, 0.29) is 10.8 Å². The summed E-state index contributed by atoms with van der Waals surface area (Å²) in [5.74, 6) is 0.491. The molecule has 0 atom stereocenters. The van der Waals surface area contributed by atoms with Crippen LogP contribution in [0.25, 0.3) is 0 Å². The molecule has 7 heteroatoms. The van der Waals surface area contributed by atoms with E-state index in [0.717, 1.165) is 6.42 Å². The molecule has 0 heterocycles. The number of nitro benzene ring substituents is 1. The highest BCUT2D eigenvalue weighted by molar-refractivity contribution is 7.80. The summed E-state index contributed by atoms with van der Waals surface area (Å²) in [4.78, 5) is 10.1. The number of nitrogens with zero attached hydrogens (tertiary/aromatic N) is 1. The van der Waals surface area contributed by atoms with Crippen molar-refractivity contribution in [3.8, 4) is 5.75 Å². The predicted molar refractivity (Wildman–Crippen MR) is 69.3 cm³/mol. The number of hydrogen-bond acceptors (Lipinski definition) is 4. The third-order valence-corrected chi connectivity index (χ3v) is 2.00. The van der Waals surface area contributed by atoms with Crippen LogP contribution in [0.15, 0.2) is 18.2 Å². The molecule has 0 fully saturated rings. The average molecular weight is 255 g/mol. The molecule has 0 aromatic heterocycles. The Morgan fingerprint density at radius 2 is 2.35 bits per heavy atom. The van der Waals surface area contributed by atoms with Gasteiger partial charge in [-0.05, 0) is 24.7 Å². The average Bonchev–Trinajstić information content (AvgIpc) is 2.26. The first-order valence-electron chi connectivity index (χ1n) is 5.02. The monoisotopic (exact) mass is 255 g/mol. The lowest BCUT2D eigenvalue weighted by Gasteiger charge is -2.11. The quantitative estimate of drug-likeness (QED) is 0.475. The summed E-state index contributed by atoms with van der Waals surface area (Å²) in [6.07, 6.45) is 0.837. The van der Waals surface area contributed by atoms with E-state index in [4.69, 9.17) is 22.7 Å². The molecular formula is C10H13N3O3S. The van der Waals surface area contributed by atoms with Crippen LogP contribution in [0, 0.1) is 10.1 Å². The smallest absolute Gasteiger partial charge is 0.271 e. The summed E-state index contributed by atoms with van der Waals surface area (Å²) in [6, 6.07) is 4.23. The molecule has 0 aliphatic rings. The molecule has 0 aliphatic carbocycles. The van der Waals surface area contributed by atoms with Gasteiger partial charge in [-0.15, -0.1) is 0 Å². The van der Waals surface area contributed by atoms with E-state index in [9.17, 15) is 10.1 Å². The van der Waals surface area contributed by atoms with Crippen molar-refractivity contribution in [2.45, 2.75) is 13.3 Å². The molecule has 0 bridgehead atoms. The van der Waals surface area contributed by atoms with Crippen LogP contribution in [0.5, 0.6) is 5.75 Å². The third-order valence-electron chi connectivity index (χ3n) is 1.89. The maximum Gasteiger partial charge on any atom is 0.271 e. The van der Waals surface area contributed by atoms with Crippen molar-refractivity contribution in [2.75, 3.05) is 11.9 Å². The van der Waals surface area contributed by atoms with Crippen LogP contribution in [0.1, 0.15) is 13.3 Å². The van der Waals surface area contributed by atoms with Gasteiger partial charge in [-0.2, -0.15) is 0 Å². The van der Waals surface area contributed by atoms with Gasteiger partial charge in [0.05, 0.1) is 17.2 Å². The van der Waals surface area contributed by atoms with Crippen molar-refractivity contribution in [2.24, 2.45) is 5.73 Å². The summed E-state index contributed by atoms with van der Waals surface area (Å²) in [5, 5.41) is 13.3. The number of nitrogens with two attached hydrogens (primary N) is 1. The van der Waals surface area contributed by atoms with Crippen LogP contribution in [-0.4, -0.2) is 16.6 Å². The van der Waals surface area contributed by atoms with Gasteiger partial charge in [0.1, 0.15) is 5.75 Å². The van der Waals surface area contributed by atoms with Crippen molar-refractivity contribution in [1.82, 2.24) is 0 Å². The first-order chi connectivity index (χ1) is 8.04. The van der Waals surface area contributed by atoms with Crippen molar-refractivity contribution in [1.29, 1.82) is 0 Å². The third kappa shape index (κ3) is 3.87. The first kappa shape index (κ1) is 13.2. The molecule has 92 valence electrons. The van der Waals surface area contributed by atoms with Crippen LogP contribution in [-0.2, 0) is 0 Å². The zero-order valence-corrected chi connectivity index (χ0v) is 10.1. The van der Waals surface area contributed by atoms with Crippen LogP contribution in [0.3, 0.4) is 0 Å². The summed E-state index contributed by atoms with van der Waals surface area (Å²) in [6.45, 7) is 2.48. The molecule has 0 radical (unpaired) electrons. The normalized spacial score (nSPS) is 9.71. The van der Waals surface area contributed by atoms with E-state index < -0.39 is 4.92 Å². The Bertz CT molecular complexity index is 437. The molecular weight excluding hydrogens is 242 g/mol. The number of nitrogens with one attached hydrogen (secondary N) is 1. The fourth-order valence-corrected chi connectivity index (χ4v) is 1.31. The van der Waals surface area contributed by atoms with Gasteiger partial charge < -0.3 is 15.8 Å². The van der Waals surface area contributed by atoms with E-state index >= 15 is 0 Å². The zero-order chi connectivity index (χ0) is 12.8. The van der Waals surface area contributed by atoms with Gasteiger partial charge in [0.2, 0.25) is 0 Å². The van der Waals surface area contributed by atoms with Crippen molar-refractivity contribution >= 4 is 28.7 Å². The Morgan fingerprint density at radius 1 is 1.65 bits per heavy atom. The highest BCUT2D eigenvalue weighted by Crippen LogP contribution is 2.29. The van der Waals surface area contributed by atoms with E-state index in [2.05, 4.69) is 5.32 Å². The standard InChI is InChI=1S/C10H13N3O3S/c1-2-5-16-9-4-3-7(13(14)15)6-8(9)12-10(11)17/h3-4,6H,2,5H2,1H3,(H3,11,12,17). The second-order valence-electron chi connectivity index (χ2n) is 3.28. The number of ether oxygens (including phenoxy) is 1. The fraction of sp³-hybridized carbons (Fsp3) is 0.300. The van der Waals surface area contributed by atoms with Crippen molar-refractivity contribution in [3.63, 3.8) is 0 Å². The van der Waals surface area contributed by atoms with Crippen molar-refractivity contribution in [3.05, 3.63) is 28.3 Å². The van der Waals surface area contributed by atoms with Gasteiger partial charge in [-0.3, -0.25) is 10.1 Å². The number of nitro groups is 1. The highest BCUT2D eigenvalue weighted by atomic mass is 32.1. The van der Waals surface area contributed by atoms with Gasteiger partial charge in [0.15, 0.2) is 5.11 Å². The van der Waals surface area contributed by atoms with Crippen LogP contribution < -0.4 is 15.8 Å². The molecule has 0 saturated heterocycles. The number of non-ortho nitro benzene ring substituents is 1. The topological polar surface area (TPSA) is 90.4 Å². The van der Waals surface area contributed by atoms with E-state index in [1.54, 1.807) is 0 Å². The molecule has 1 rings (SSSR count). The lowest BCUT2D eigenvalue weighted by Crippen LogP contribution is -2.19. The lowest BCUT2D eigenvalue weighted by atomic mass is 10.2. The molecule has 0 saturated carbocycles. The summed E-state index contributed by atoms with van der Waals surface area (Å²) >= 11 is 4.70. The van der Waals surface area contributed by atoms with E-state index in [1.165, 1.54) is 18.2 Å². The number of hydrogen-bond donors (Lipinski definition) is 2. The molecule has 0 amide bonds. The summed E-state index contributed by atoms with van der Waals surface area (Å²) in [7, 11) is 0. The Morgan fingerprint density at radius 3 is 2.88 bits per heavy atom. The van der Waals surface area contributed by atoms with Crippen LogP contribution in [0.4, 0.5) is 11.4 Å². The maximum absolute atomic E-state index is 10.6. The lowest BCUT2D eigenvalue weighted by molar-refractivity contribution is -0.384. The minimum absolute atomic E-state index is 0.0341. The largest absolute Gasteiger partial charge is 0.491 e. The Hall–Kier alpha value is -1.89. The number of anilines is 1. The molecule has 0 aliphatic heterocycles. The molecule has 0 spiro atoms. The van der Waals surface area contributed by atoms with Crippen LogP contribution >= 0.6 is 12.2 Å². The Kier molecular flexibility index (Phi) is 4.65. The molecule has 17 heavy (non-hydrogen) atoms. The summed E-state index contributed by atoms with van der Waals surface area (Å²) < 4.78 is 5.42. The van der Waals surface area contributed by atoms with Gasteiger partial charge in [-0.25, -0.2) is 0 Å². The van der Waals surface area contributed by atoms with Crippen molar-refractivity contribution < 1.29 is 9.66 Å². The molecule has 1 aromatic carbocycles. The maximum atomic E-state index is 10.6. The minimum atomic E-state index is -0.492. The highest BCUT2D eigenvalue weighted by Gasteiger charge is 2.12. The number of rotatable bonds is 5. The SMILES string of the molecule is CCCOc1ccc([N+](=O)[O-])cc1NC(N)=S. The molecule has 3 N–H and O–H groups in total. The second kappa shape index (κ2) is 6.00. The summed E-state index contributed by atoms with van der Waals surface area (Å²) in [5.41, 5.74) is 5.70. The Labute approximate surface area is 104 Å². The fourth-order valence-electron chi connectivity index (χ4n) is 1.20. The van der Waals surface area contributed by atoms with E-state index in [1.807, 2.05) is 6.92 Å².